The van der Waals surface area contributed by atoms with Crippen LogP contribution in [0.5, 0.6) is 11.5 Å². The van der Waals surface area contributed by atoms with Crippen LogP contribution in [0.25, 0.3) is 0 Å². The van der Waals surface area contributed by atoms with Crippen LogP contribution in [-0.4, -0.2) is 32.7 Å². The lowest BCUT2D eigenvalue weighted by atomic mass is 10.0. The third kappa shape index (κ3) is 2.26. The molecule has 1 aliphatic heterocycles. The summed E-state index contributed by atoms with van der Waals surface area (Å²) < 4.78 is 10.5. The molecule has 1 fully saturated rings. The van der Waals surface area contributed by atoms with Crippen molar-refractivity contribution >= 4 is 11.6 Å². The van der Waals surface area contributed by atoms with Gasteiger partial charge in [-0.15, -0.1) is 0 Å². The van der Waals surface area contributed by atoms with Gasteiger partial charge in [-0.2, -0.15) is 0 Å². The van der Waals surface area contributed by atoms with E-state index < -0.39 is 6.04 Å². The molecule has 5 heteroatoms. The van der Waals surface area contributed by atoms with Crippen LogP contribution in [0.1, 0.15) is 12.8 Å². The molecule has 0 aromatic heterocycles. The van der Waals surface area contributed by atoms with Gasteiger partial charge in [0.2, 0.25) is 5.91 Å². The van der Waals surface area contributed by atoms with E-state index in [0.29, 0.717) is 18.0 Å². The van der Waals surface area contributed by atoms with Crippen LogP contribution >= 0.6 is 0 Å². The Morgan fingerprint density at radius 3 is 2.78 bits per heavy atom. The minimum Gasteiger partial charge on any atom is -0.497 e. The maximum atomic E-state index is 12.1. The van der Waals surface area contributed by atoms with E-state index in [-0.39, 0.29) is 5.91 Å². The average Bonchev–Trinajstić information content (AvgIpc) is 2.41. The van der Waals surface area contributed by atoms with Crippen molar-refractivity contribution in [3.05, 3.63) is 18.2 Å². The standard InChI is InChI=1S/C13H18N2O3/c1-17-9-5-6-12(18-2)11(8-9)15-7-3-4-10(14)13(15)16/h5-6,8,10H,3-4,7,14H2,1-2H3. The molecule has 2 rings (SSSR count). The summed E-state index contributed by atoms with van der Waals surface area (Å²) in [7, 11) is 3.18. The van der Waals surface area contributed by atoms with Gasteiger partial charge in [0.1, 0.15) is 11.5 Å². The van der Waals surface area contributed by atoms with Crippen molar-refractivity contribution < 1.29 is 14.3 Å². The molecular formula is C13H18N2O3. The maximum absolute atomic E-state index is 12.1. The van der Waals surface area contributed by atoms with Crippen molar-refractivity contribution in [2.75, 3.05) is 25.7 Å². The molecule has 1 amide bonds. The van der Waals surface area contributed by atoms with Crippen LogP contribution < -0.4 is 20.1 Å². The number of methoxy groups -OCH3 is 2. The Bertz CT molecular complexity index is 448. The molecule has 18 heavy (non-hydrogen) atoms. The lowest BCUT2D eigenvalue weighted by molar-refractivity contribution is -0.120. The Morgan fingerprint density at radius 1 is 1.33 bits per heavy atom. The van der Waals surface area contributed by atoms with Crippen molar-refractivity contribution in [3.63, 3.8) is 0 Å². The van der Waals surface area contributed by atoms with Gasteiger partial charge >= 0.3 is 0 Å². The molecule has 5 nitrogen and oxygen atoms in total. The zero-order valence-electron chi connectivity index (χ0n) is 10.7. The van der Waals surface area contributed by atoms with Gasteiger partial charge in [-0.3, -0.25) is 4.79 Å². The Kier molecular flexibility index (Phi) is 3.72. The fraction of sp³-hybridized carbons (Fsp3) is 0.462. The monoisotopic (exact) mass is 250 g/mol. The van der Waals surface area contributed by atoms with Crippen LogP contribution in [0.3, 0.4) is 0 Å². The summed E-state index contributed by atoms with van der Waals surface area (Å²) in [4.78, 5) is 13.8. The van der Waals surface area contributed by atoms with E-state index in [1.807, 2.05) is 0 Å². The minimum atomic E-state index is -0.422. The Balaban J connectivity index is 2.38. The lowest BCUT2D eigenvalue weighted by Gasteiger charge is -2.31. The zero-order valence-corrected chi connectivity index (χ0v) is 10.7. The van der Waals surface area contributed by atoms with E-state index in [1.165, 1.54) is 0 Å². The molecule has 1 saturated heterocycles. The lowest BCUT2D eigenvalue weighted by Crippen LogP contribution is -2.48. The fourth-order valence-corrected chi connectivity index (χ4v) is 2.15. The van der Waals surface area contributed by atoms with E-state index >= 15 is 0 Å². The molecule has 1 aliphatic rings. The van der Waals surface area contributed by atoms with Gasteiger partial charge < -0.3 is 20.1 Å². The normalized spacial score (nSPS) is 19.8. The van der Waals surface area contributed by atoms with Crippen molar-refractivity contribution in [1.82, 2.24) is 0 Å². The highest BCUT2D eigenvalue weighted by Gasteiger charge is 2.28. The summed E-state index contributed by atoms with van der Waals surface area (Å²) in [6, 6.07) is 4.97. The van der Waals surface area contributed by atoms with Crippen LogP contribution in [0.2, 0.25) is 0 Å². The van der Waals surface area contributed by atoms with Crippen LogP contribution in [-0.2, 0) is 4.79 Å². The van der Waals surface area contributed by atoms with Gasteiger partial charge in [-0.1, -0.05) is 0 Å². The van der Waals surface area contributed by atoms with Crippen molar-refractivity contribution in [2.24, 2.45) is 5.73 Å². The average molecular weight is 250 g/mol. The molecule has 1 aromatic carbocycles. The molecule has 2 N–H and O–H groups in total. The Morgan fingerprint density at radius 2 is 2.11 bits per heavy atom. The number of benzene rings is 1. The number of carbonyl (C=O) groups is 1. The predicted molar refractivity (Wildman–Crippen MR) is 69.1 cm³/mol. The summed E-state index contributed by atoms with van der Waals surface area (Å²) in [5, 5.41) is 0. The third-order valence-electron chi connectivity index (χ3n) is 3.16. The molecule has 1 heterocycles. The Labute approximate surface area is 106 Å². The highest BCUT2D eigenvalue weighted by atomic mass is 16.5. The summed E-state index contributed by atoms with van der Waals surface area (Å²) in [5.74, 6) is 1.28. The third-order valence-corrected chi connectivity index (χ3v) is 3.16. The van der Waals surface area contributed by atoms with Crippen LogP contribution in [0, 0.1) is 0 Å². The minimum absolute atomic E-state index is 0.0622. The molecule has 1 aromatic rings. The molecule has 0 aliphatic carbocycles. The van der Waals surface area contributed by atoms with Crippen LogP contribution in [0.15, 0.2) is 18.2 Å². The number of carbonyl (C=O) groups excluding carboxylic acids is 1. The molecule has 1 atom stereocenters. The molecule has 0 saturated carbocycles. The van der Waals surface area contributed by atoms with Gasteiger partial charge in [-0.05, 0) is 25.0 Å². The molecule has 0 radical (unpaired) electrons. The summed E-state index contributed by atoms with van der Waals surface area (Å²) in [6.07, 6.45) is 1.63. The number of rotatable bonds is 3. The second-order valence-corrected chi connectivity index (χ2v) is 4.28. The molecule has 98 valence electrons. The van der Waals surface area contributed by atoms with Crippen LogP contribution in [0.4, 0.5) is 5.69 Å². The second-order valence-electron chi connectivity index (χ2n) is 4.28. The first-order valence-electron chi connectivity index (χ1n) is 5.96. The maximum Gasteiger partial charge on any atom is 0.244 e. The highest BCUT2D eigenvalue weighted by molar-refractivity contribution is 5.99. The van der Waals surface area contributed by atoms with Crippen molar-refractivity contribution in [2.45, 2.75) is 18.9 Å². The number of ether oxygens (including phenoxy) is 2. The molecule has 1 unspecified atom stereocenters. The fourth-order valence-electron chi connectivity index (χ4n) is 2.15. The van der Waals surface area contributed by atoms with Gasteiger partial charge in [0.25, 0.3) is 0 Å². The van der Waals surface area contributed by atoms with Gasteiger partial charge in [-0.25, -0.2) is 0 Å². The van der Waals surface area contributed by atoms with E-state index in [9.17, 15) is 4.79 Å². The van der Waals surface area contributed by atoms with E-state index in [4.69, 9.17) is 15.2 Å². The first-order chi connectivity index (χ1) is 8.67. The first-order valence-corrected chi connectivity index (χ1v) is 5.96. The van der Waals surface area contributed by atoms with E-state index in [2.05, 4.69) is 0 Å². The number of hydrogen-bond donors (Lipinski definition) is 1. The van der Waals surface area contributed by atoms with Crippen molar-refractivity contribution in [3.8, 4) is 11.5 Å². The van der Waals surface area contributed by atoms with Crippen molar-refractivity contribution in [1.29, 1.82) is 0 Å². The molecular weight excluding hydrogens is 232 g/mol. The largest absolute Gasteiger partial charge is 0.497 e. The van der Waals surface area contributed by atoms with Gasteiger partial charge in [0.15, 0.2) is 0 Å². The van der Waals surface area contributed by atoms with E-state index in [0.717, 1.165) is 18.5 Å². The van der Waals surface area contributed by atoms with Gasteiger partial charge in [0.05, 0.1) is 25.9 Å². The van der Waals surface area contributed by atoms with Gasteiger partial charge in [0, 0.05) is 12.6 Å². The number of nitrogens with two attached hydrogens (primary N) is 1. The number of piperidine rings is 1. The molecule has 0 spiro atoms. The summed E-state index contributed by atoms with van der Waals surface area (Å²) >= 11 is 0. The number of amides is 1. The summed E-state index contributed by atoms with van der Waals surface area (Å²) in [6.45, 7) is 0.663. The summed E-state index contributed by atoms with van der Waals surface area (Å²) in [5.41, 5.74) is 6.52. The number of nitrogens with zero attached hydrogens (tertiary/aromatic N) is 1. The Hall–Kier alpha value is -1.75. The number of hydrogen-bond acceptors (Lipinski definition) is 4. The smallest absolute Gasteiger partial charge is 0.244 e. The quantitative estimate of drug-likeness (QED) is 0.874. The second kappa shape index (κ2) is 5.27. The zero-order chi connectivity index (χ0) is 13.1. The molecule has 0 bridgehead atoms. The predicted octanol–water partition coefficient (Wildman–Crippen LogP) is 1.16. The highest BCUT2D eigenvalue weighted by Crippen LogP contribution is 2.34. The van der Waals surface area contributed by atoms with E-state index in [1.54, 1.807) is 37.3 Å². The SMILES string of the molecule is COc1ccc(OC)c(N2CCCC(N)C2=O)c1. The first kappa shape index (κ1) is 12.7. The number of anilines is 1. The topological polar surface area (TPSA) is 64.8 Å².